The summed E-state index contributed by atoms with van der Waals surface area (Å²) >= 11 is 0. The molecule has 4 nitrogen and oxygen atoms in total. The molecule has 90 valence electrons. The lowest BCUT2D eigenvalue weighted by Crippen LogP contribution is -2.06. The minimum atomic E-state index is -0.343. The van der Waals surface area contributed by atoms with Gasteiger partial charge < -0.3 is 9.47 Å². The van der Waals surface area contributed by atoms with Gasteiger partial charge in [0.15, 0.2) is 0 Å². The van der Waals surface area contributed by atoms with E-state index in [1.807, 2.05) is 6.07 Å². The van der Waals surface area contributed by atoms with Crippen LogP contribution in [0.3, 0.4) is 0 Å². The number of nitrogens with zero attached hydrogens (tertiary/aromatic N) is 1. The zero-order valence-electron chi connectivity index (χ0n) is 9.81. The van der Waals surface area contributed by atoms with Crippen molar-refractivity contribution in [2.24, 2.45) is 0 Å². The molecule has 0 aliphatic rings. The Balaban J connectivity index is 2.34. The lowest BCUT2D eigenvalue weighted by atomic mass is 10.2. The molecule has 1 rings (SSSR count). The fourth-order valence-electron chi connectivity index (χ4n) is 1.28. The summed E-state index contributed by atoms with van der Waals surface area (Å²) in [5, 5.41) is 8.33. The van der Waals surface area contributed by atoms with Gasteiger partial charge in [-0.3, -0.25) is 0 Å². The molecule has 0 atom stereocenters. The Bertz CT molecular complexity index is 392. The predicted octanol–water partition coefficient (Wildman–Crippen LogP) is 2.55. The highest BCUT2D eigenvalue weighted by atomic mass is 16.5. The monoisotopic (exact) mass is 233 g/mol. The van der Waals surface area contributed by atoms with Crippen LogP contribution in [0.5, 0.6) is 5.75 Å². The molecule has 0 saturated heterocycles. The van der Waals surface area contributed by atoms with E-state index >= 15 is 0 Å². The van der Waals surface area contributed by atoms with E-state index < -0.39 is 0 Å². The number of esters is 1. The lowest BCUT2D eigenvalue weighted by molar-refractivity contribution is 0.0499. The third kappa shape index (κ3) is 4.56. The molecule has 0 aliphatic heterocycles. The maximum absolute atomic E-state index is 11.5. The summed E-state index contributed by atoms with van der Waals surface area (Å²) in [6.07, 6.45) is 1.97. The van der Waals surface area contributed by atoms with Crippen molar-refractivity contribution in [2.45, 2.75) is 19.3 Å². The van der Waals surface area contributed by atoms with E-state index in [0.29, 0.717) is 24.3 Å². The average Bonchev–Trinajstić information content (AvgIpc) is 2.38. The minimum absolute atomic E-state index is 0.343. The fraction of sp³-hybridized carbons (Fsp3) is 0.385. The molecular weight excluding hydrogens is 218 g/mol. The van der Waals surface area contributed by atoms with Crippen molar-refractivity contribution in [2.75, 3.05) is 13.7 Å². The highest BCUT2D eigenvalue weighted by Gasteiger charge is 2.06. The number of carbonyl (C=O) groups is 1. The van der Waals surface area contributed by atoms with Crippen LogP contribution >= 0.6 is 0 Å². The van der Waals surface area contributed by atoms with Crippen LogP contribution in [0.25, 0.3) is 0 Å². The van der Waals surface area contributed by atoms with Crippen molar-refractivity contribution in [3.05, 3.63) is 29.8 Å². The van der Waals surface area contributed by atoms with Crippen molar-refractivity contribution in [1.29, 1.82) is 5.26 Å². The molecule has 0 N–H and O–H groups in total. The Morgan fingerprint density at radius 2 is 2.00 bits per heavy atom. The first-order chi connectivity index (χ1) is 8.27. The zero-order valence-corrected chi connectivity index (χ0v) is 9.81. The number of methoxy groups -OCH3 is 1. The standard InChI is InChI=1S/C13H15NO3/c1-16-12-7-5-11(6-8-12)13(15)17-10-4-2-3-9-14/h5-8H,2-4,10H2,1H3. The van der Waals surface area contributed by atoms with Gasteiger partial charge >= 0.3 is 5.97 Å². The predicted molar refractivity (Wildman–Crippen MR) is 62.7 cm³/mol. The summed E-state index contributed by atoms with van der Waals surface area (Å²) in [6.45, 7) is 0.354. The summed E-state index contributed by atoms with van der Waals surface area (Å²) in [4.78, 5) is 11.5. The van der Waals surface area contributed by atoms with Crippen LogP contribution in [0, 0.1) is 11.3 Å². The number of carbonyl (C=O) groups excluding carboxylic acids is 1. The summed E-state index contributed by atoms with van der Waals surface area (Å²) in [7, 11) is 1.57. The number of rotatable bonds is 6. The molecule has 0 bridgehead atoms. The smallest absolute Gasteiger partial charge is 0.338 e. The van der Waals surface area contributed by atoms with Crippen LogP contribution in [0.15, 0.2) is 24.3 Å². The van der Waals surface area contributed by atoms with Crippen LogP contribution in [-0.4, -0.2) is 19.7 Å². The Labute approximate surface area is 101 Å². The number of hydrogen-bond donors (Lipinski definition) is 0. The molecule has 0 amide bonds. The second kappa shape index (κ2) is 7.29. The molecule has 17 heavy (non-hydrogen) atoms. The number of benzene rings is 1. The normalized spacial score (nSPS) is 9.41. The largest absolute Gasteiger partial charge is 0.497 e. The molecular formula is C13H15NO3. The highest BCUT2D eigenvalue weighted by molar-refractivity contribution is 5.89. The van der Waals surface area contributed by atoms with Gasteiger partial charge in [0.1, 0.15) is 5.75 Å². The molecule has 0 spiro atoms. The lowest BCUT2D eigenvalue weighted by Gasteiger charge is -2.04. The van der Waals surface area contributed by atoms with Crippen LogP contribution in [-0.2, 0) is 4.74 Å². The number of ether oxygens (including phenoxy) is 2. The molecule has 4 heteroatoms. The third-order valence-corrected chi connectivity index (χ3v) is 2.24. The van der Waals surface area contributed by atoms with Gasteiger partial charge in [0.25, 0.3) is 0 Å². The minimum Gasteiger partial charge on any atom is -0.497 e. The van der Waals surface area contributed by atoms with Crippen LogP contribution in [0.2, 0.25) is 0 Å². The maximum atomic E-state index is 11.5. The highest BCUT2D eigenvalue weighted by Crippen LogP contribution is 2.12. The average molecular weight is 233 g/mol. The Morgan fingerprint density at radius 3 is 2.59 bits per heavy atom. The SMILES string of the molecule is COc1ccc(C(=O)OCCCCC#N)cc1. The van der Waals surface area contributed by atoms with Gasteiger partial charge in [0.2, 0.25) is 0 Å². The Morgan fingerprint density at radius 1 is 1.29 bits per heavy atom. The van der Waals surface area contributed by atoms with Gasteiger partial charge in [0, 0.05) is 6.42 Å². The molecule has 0 unspecified atom stereocenters. The van der Waals surface area contributed by atoms with Crippen molar-refractivity contribution in [1.82, 2.24) is 0 Å². The first-order valence-electron chi connectivity index (χ1n) is 5.46. The van der Waals surface area contributed by atoms with E-state index in [-0.39, 0.29) is 5.97 Å². The Hall–Kier alpha value is -2.02. The van der Waals surface area contributed by atoms with E-state index in [9.17, 15) is 4.79 Å². The van der Waals surface area contributed by atoms with Crippen molar-refractivity contribution >= 4 is 5.97 Å². The number of hydrogen-bond acceptors (Lipinski definition) is 4. The molecule has 1 aromatic rings. The molecule has 0 radical (unpaired) electrons. The molecule has 0 fully saturated rings. The molecule has 0 saturated carbocycles. The molecule has 0 aromatic heterocycles. The summed E-state index contributed by atoms with van der Waals surface area (Å²) in [5.41, 5.74) is 0.506. The van der Waals surface area contributed by atoms with Crippen molar-refractivity contribution in [3.8, 4) is 11.8 Å². The first kappa shape index (κ1) is 13.0. The van der Waals surface area contributed by atoms with E-state index in [0.717, 1.165) is 12.8 Å². The van der Waals surface area contributed by atoms with Gasteiger partial charge in [0.05, 0.1) is 25.3 Å². The van der Waals surface area contributed by atoms with Gasteiger partial charge in [-0.05, 0) is 37.1 Å². The topological polar surface area (TPSA) is 59.3 Å². The van der Waals surface area contributed by atoms with E-state index in [2.05, 4.69) is 0 Å². The number of unbranched alkanes of at least 4 members (excludes halogenated alkanes) is 2. The van der Waals surface area contributed by atoms with E-state index in [1.165, 1.54) is 0 Å². The van der Waals surface area contributed by atoms with Crippen LogP contribution in [0.4, 0.5) is 0 Å². The van der Waals surface area contributed by atoms with Crippen LogP contribution < -0.4 is 4.74 Å². The van der Waals surface area contributed by atoms with Crippen LogP contribution in [0.1, 0.15) is 29.6 Å². The summed E-state index contributed by atoms with van der Waals surface area (Å²) in [5.74, 6) is 0.361. The summed E-state index contributed by atoms with van der Waals surface area (Å²) < 4.78 is 10.1. The second-order valence-corrected chi connectivity index (χ2v) is 3.48. The maximum Gasteiger partial charge on any atom is 0.338 e. The third-order valence-electron chi connectivity index (χ3n) is 2.24. The van der Waals surface area contributed by atoms with Gasteiger partial charge in [-0.15, -0.1) is 0 Å². The first-order valence-corrected chi connectivity index (χ1v) is 5.46. The fourth-order valence-corrected chi connectivity index (χ4v) is 1.28. The number of nitriles is 1. The molecule has 1 aromatic carbocycles. The van der Waals surface area contributed by atoms with Gasteiger partial charge in [-0.1, -0.05) is 0 Å². The van der Waals surface area contributed by atoms with E-state index in [4.69, 9.17) is 14.7 Å². The van der Waals surface area contributed by atoms with E-state index in [1.54, 1.807) is 31.4 Å². The van der Waals surface area contributed by atoms with Gasteiger partial charge in [-0.2, -0.15) is 5.26 Å². The van der Waals surface area contributed by atoms with Crippen molar-refractivity contribution < 1.29 is 14.3 Å². The molecule has 0 heterocycles. The zero-order chi connectivity index (χ0) is 12.5. The van der Waals surface area contributed by atoms with Crippen molar-refractivity contribution in [3.63, 3.8) is 0 Å². The van der Waals surface area contributed by atoms with Gasteiger partial charge in [-0.25, -0.2) is 4.79 Å². The Kier molecular flexibility index (Phi) is 5.59. The second-order valence-electron chi connectivity index (χ2n) is 3.48. The molecule has 0 aliphatic carbocycles. The quantitative estimate of drug-likeness (QED) is 0.559. The summed E-state index contributed by atoms with van der Waals surface area (Å²) in [6, 6.07) is 8.80.